The van der Waals surface area contributed by atoms with Crippen LogP contribution in [0, 0.1) is 0 Å². The fourth-order valence-electron chi connectivity index (χ4n) is 6.46. The van der Waals surface area contributed by atoms with Crippen molar-refractivity contribution >= 4 is 67.9 Å². The normalized spacial score (nSPS) is 37.3. The van der Waals surface area contributed by atoms with Gasteiger partial charge in [-0.2, -0.15) is 5.10 Å². The molecule has 6 unspecified atom stereocenters. The zero-order chi connectivity index (χ0) is 33.4. The first-order chi connectivity index (χ1) is 23.0. The fourth-order valence-corrected chi connectivity index (χ4v) is 9.11. The van der Waals surface area contributed by atoms with E-state index in [0.717, 1.165) is 24.0 Å². The van der Waals surface area contributed by atoms with Gasteiger partial charge in [0.25, 0.3) is 15.0 Å². The number of ether oxygens (including phenoxy) is 3. The van der Waals surface area contributed by atoms with Gasteiger partial charge >= 0.3 is 6.80 Å². The lowest BCUT2D eigenvalue weighted by atomic mass is 10.1. The summed E-state index contributed by atoms with van der Waals surface area (Å²) < 4.78 is 87.7. The molecule has 4 aromatic rings. The number of imidazole rings is 1. The number of rotatable bonds is 3. The number of aromatic nitrogens is 8. The number of fused-ring (bicyclic) bond motifs is 3. The molecule has 0 aliphatic carbocycles. The maximum absolute atomic E-state index is 16.1. The summed E-state index contributed by atoms with van der Waals surface area (Å²) in [4.78, 5) is 21.0. The Morgan fingerprint density at radius 1 is 1.04 bits per heavy atom. The third-order valence-electron chi connectivity index (χ3n) is 8.61. The summed E-state index contributed by atoms with van der Waals surface area (Å²) in [6, 6.07) is 0. The van der Waals surface area contributed by atoms with Crippen molar-refractivity contribution in [3.05, 3.63) is 24.7 Å². The summed E-state index contributed by atoms with van der Waals surface area (Å²) in [5.74, 6) is 0.738. The molecule has 48 heavy (non-hydrogen) atoms. The Labute approximate surface area is 277 Å². The molecule has 256 valence electrons. The number of nitrogen functional groups attached to an aromatic ring is 1. The number of hydrogen-bond acceptors (Lipinski definition) is 17. The first-order valence-corrected chi connectivity index (χ1v) is 19.6. The molecule has 19 nitrogen and oxygen atoms in total. The zero-order valence-electron chi connectivity index (χ0n) is 25.4. The van der Waals surface area contributed by atoms with Crippen LogP contribution >= 0.6 is 26.5 Å². The molecule has 4 aliphatic heterocycles. The van der Waals surface area contributed by atoms with Crippen LogP contribution in [-0.4, -0.2) is 110 Å². The van der Waals surface area contributed by atoms with E-state index in [1.807, 2.05) is 0 Å². The van der Waals surface area contributed by atoms with Gasteiger partial charge in [0.05, 0.1) is 30.6 Å². The molecular formula is C24H30BFN10O9P2S. The van der Waals surface area contributed by atoms with Crippen LogP contribution in [0.4, 0.5) is 16.0 Å². The van der Waals surface area contributed by atoms with Crippen LogP contribution in [0.3, 0.4) is 0 Å². The third-order valence-corrected chi connectivity index (χ3v) is 11.5. The predicted octanol–water partition coefficient (Wildman–Crippen LogP) is 1.35. The smallest absolute Gasteiger partial charge is 0.382 e. The van der Waals surface area contributed by atoms with Crippen LogP contribution in [0.15, 0.2) is 19.0 Å². The molecule has 3 N–H and O–H groups in total. The number of halogens is 1. The van der Waals surface area contributed by atoms with Crippen molar-refractivity contribution < 1.29 is 45.8 Å². The van der Waals surface area contributed by atoms with Crippen LogP contribution < -0.4 is 11.1 Å². The lowest BCUT2D eigenvalue weighted by molar-refractivity contribution is -0.0641. The Morgan fingerprint density at radius 3 is 2.62 bits per heavy atom. The lowest BCUT2D eigenvalue weighted by Gasteiger charge is -2.30. The largest absolute Gasteiger partial charge is 0.386 e. The van der Waals surface area contributed by atoms with Crippen LogP contribution in [0.1, 0.15) is 24.6 Å². The highest BCUT2D eigenvalue weighted by Gasteiger charge is 2.54. The minimum Gasteiger partial charge on any atom is -0.382 e. The SMILES string of the molecule is BP1(=O)OC[C@H]2O[C@@H](n3cnc4c(N)ncnc43)C(F)C2OP(=O)(S)OC[C@H]2O[C@@H](n3nc4c5c(ncnc53)NCCC4)C(OC)C2O1. The van der Waals surface area contributed by atoms with Gasteiger partial charge in [-0.1, -0.05) is 12.2 Å². The minimum absolute atomic E-state index is 0.0883. The quantitative estimate of drug-likeness (QED) is 0.154. The van der Waals surface area contributed by atoms with Gasteiger partial charge in [-0.3, -0.25) is 18.2 Å². The first kappa shape index (κ1) is 32.4. The maximum Gasteiger partial charge on any atom is 0.386 e. The van der Waals surface area contributed by atoms with Gasteiger partial charge in [-0.25, -0.2) is 38.6 Å². The average molecular weight is 726 g/mol. The predicted molar refractivity (Wildman–Crippen MR) is 170 cm³/mol. The summed E-state index contributed by atoms with van der Waals surface area (Å²) in [6.07, 6.45) is -4.67. The number of nitrogens with one attached hydrogen (secondary N) is 1. The molecule has 0 saturated carbocycles. The topological polar surface area (TPSA) is 224 Å². The molecule has 3 fully saturated rings. The Bertz CT molecular complexity index is 1980. The summed E-state index contributed by atoms with van der Waals surface area (Å²) in [5.41, 5.74) is 7.58. The van der Waals surface area contributed by atoms with Crippen LogP contribution in [0.2, 0.25) is 0 Å². The standard InChI is InChI=1S/C24H30BFN10O9P2S/c1-39-18-17-12(43-24(18)36-21-13-10(34-36)3-2-4-28-20(13)30-8-31-21)6-41-47(38,48)45-16-11(5-40-46(25,37)44-17)42-23(14(16)26)35-9-33-15-19(27)29-7-32-22(15)35/h7-9,11-12,14,16-18,23-24H,2-6,25H2,1H3,(H,38,48)(H2,27,29,32)(H,28,30,31)/t11-,12-,14?,16?,17?,18?,23-,24-,46?,47?/m1/s1. The molecule has 0 spiro atoms. The lowest BCUT2D eigenvalue weighted by Crippen LogP contribution is -2.39. The number of nitrogens with two attached hydrogens (primary N) is 1. The van der Waals surface area contributed by atoms with Crippen molar-refractivity contribution in [1.82, 2.24) is 39.3 Å². The van der Waals surface area contributed by atoms with Gasteiger partial charge in [0, 0.05) is 13.7 Å². The molecule has 8 heterocycles. The average Bonchev–Trinajstić information content (AvgIpc) is 3.77. The van der Waals surface area contributed by atoms with E-state index in [1.165, 1.54) is 38.2 Å². The number of methoxy groups -OCH3 is 1. The van der Waals surface area contributed by atoms with Crippen molar-refractivity contribution in [2.75, 3.05) is 37.9 Å². The molecular weight excluding hydrogens is 696 g/mol. The summed E-state index contributed by atoms with van der Waals surface area (Å²) in [7, 11) is -1.24. The van der Waals surface area contributed by atoms with Crippen molar-refractivity contribution in [3.8, 4) is 0 Å². The van der Waals surface area contributed by atoms with Crippen LogP contribution in [-0.2, 0) is 47.9 Å². The summed E-state index contributed by atoms with van der Waals surface area (Å²) >= 11 is 4.14. The van der Waals surface area contributed by atoms with E-state index < -0.39 is 76.6 Å². The van der Waals surface area contributed by atoms with E-state index in [9.17, 15) is 9.13 Å². The number of aryl methyl sites for hydroxylation is 1. The second-order valence-electron chi connectivity index (χ2n) is 11.7. The Morgan fingerprint density at radius 2 is 1.79 bits per heavy atom. The highest BCUT2D eigenvalue weighted by molar-refractivity contribution is 8.44. The maximum atomic E-state index is 16.1. The minimum atomic E-state index is -4.30. The highest BCUT2D eigenvalue weighted by atomic mass is 32.7. The van der Waals surface area contributed by atoms with Crippen LogP contribution in [0.25, 0.3) is 22.2 Å². The fraction of sp³-hybridized carbons (Fsp3) is 0.583. The molecule has 24 heteroatoms. The van der Waals surface area contributed by atoms with Crippen LogP contribution in [0.5, 0.6) is 0 Å². The molecule has 3 saturated heterocycles. The van der Waals surface area contributed by atoms with E-state index >= 15 is 4.39 Å². The van der Waals surface area contributed by atoms with E-state index in [4.69, 9.17) is 43.1 Å². The first-order valence-electron chi connectivity index (χ1n) is 15.0. The number of alkyl halides is 1. The monoisotopic (exact) mass is 726 g/mol. The molecule has 0 radical (unpaired) electrons. The second-order valence-corrected chi connectivity index (χ2v) is 16.6. The van der Waals surface area contributed by atoms with E-state index in [2.05, 4.69) is 42.5 Å². The van der Waals surface area contributed by atoms with Gasteiger partial charge in [0.2, 0.25) is 0 Å². The molecule has 4 aliphatic rings. The number of anilines is 2. The highest BCUT2D eigenvalue weighted by Crippen LogP contribution is 2.58. The zero-order valence-corrected chi connectivity index (χ0v) is 28.1. The summed E-state index contributed by atoms with van der Waals surface area (Å²) in [6.45, 7) is -4.48. The number of nitrogens with zero attached hydrogens (tertiary/aromatic N) is 8. The molecule has 8 rings (SSSR count). The van der Waals surface area contributed by atoms with Crippen molar-refractivity contribution in [3.63, 3.8) is 0 Å². The van der Waals surface area contributed by atoms with Gasteiger partial charge in [-0.05, 0) is 12.8 Å². The molecule has 0 aromatic carbocycles. The van der Waals surface area contributed by atoms with Gasteiger partial charge in [0.15, 0.2) is 35.7 Å². The van der Waals surface area contributed by atoms with Gasteiger partial charge in [-0.15, -0.1) is 0 Å². The number of hydrogen-bond donors (Lipinski definition) is 3. The van der Waals surface area contributed by atoms with Gasteiger partial charge in [0.1, 0.15) is 54.5 Å². The molecule has 0 amide bonds. The Balaban J connectivity index is 1.09. The molecule has 4 aromatic heterocycles. The third kappa shape index (κ3) is 5.61. The Hall–Kier alpha value is -2.78. The van der Waals surface area contributed by atoms with Crippen molar-refractivity contribution in [2.45, 2.75) is 62.0 Å². The van der Waals surface area contributed by atoms with E-state index in [-0.39, 0.29) is 17.0 Å². The summed E-state index contributed by atoms with van der Waals surface area (Å²) in [5, 5.41) is 8.83. The van der Waals surface area contributed by atoms with Gasteiger partial charge < -0.3 is 34.3 Å². The molecule has 10 atom stereocenters. The second kappa shape index (κ2) is 12.2. The Kier molecular flexibility index (Phi) is 8.26. The van der Waals surface area contributed by atoms with Crippen molar-refractivity contribution in [2.24, 2.45) is 0 Å². The van der Waals surface area contributed by atoms with E-state index in [0.29, 0.717) is 17.9 Å². The van der Waals surface area contributed by atoms with E-state index in [1.54, 1.807) is 4.68 Å². The number of thiol groups is 1. The van der Waals surface area contributed by atoms with Crippen molar-refractivity contribution in [1.29, 1.82) is 0 Å². The molecule has 0 bridgehead atoms.